The Morgan fingerprint density at radius 3 is 2.94 bits per heavy atom. The summed E-state index contributed by atoms with van der Waals surface area (Å²) < 4.78 is 26.2. The second-order valence-corrected chi connectivity index (χ2v) is 7.47. The molecule has 1 unspecified atom stereocenters. The number of allylic oxidation sites excluding steroid dienone is 2. The molecule has 1 atom stereocenters. The predicted molar refractivity (Wildman–Crippen MR) is 116 cm³/mol. The molecule has 1 aliphatic rings. The third-order valence-corrected chi connectivity index (χ3v) is 5.22. The summed E-state index contributed by atoms with van der Waals surface area (Å²) in [6.45, 7) is 0.925. The largest absolute Gasteiger partial charge is 0.472 e. The molecule has 174 valence electrons. The summed E-state index contributed by atoms with van der Waals surface area (Å²) in [6.07, 6.45) is 5.86. The van der Waals surface area contributed by atoms with Crippen LogP contribution in [0.15, 0.2) is 24.5 Å². The van der Waals surface area contributed by atoms with E-state index in [1.165, 1.54) is 17.8 Å². The molecule has 0 aliphatic carbocycles. The Hall–Kier alpha value is -3.29. The molecule has 15 heteroatoms. The summed E-state index contributed by atoms with van der Waals surface area (Å²) in [5, 5.41) is 23.8. The first-order valence-corrected chi connectivity index (χ1v) is 10.4. The first kappa shape index (κ1) is 22.9. The number of dihydropyridines is 1. The maximum absolute atomic E-state index is 12.7. The number of ether oxygens (including phenoxy) is 2. The van der Waals surface area contributed by atoms with Crippen LogP contribution in [0.25, 0.3) is 16.7 Å². The molecule has 4 heterocycles. The lowest BCUT2D eigenvalue weighted by molar-refractivity contribution is -0.386. The van der Waals surface area contributed by atoms with Crippen LogP contribution in [0.1, 0.15) is 12.1 Å². The van der Waals surface area contributed by atoms with Gasteiger partial charge in [-0.3, -0.25) is 10.1 Å². The molecule has 0 amide bonds. The number of nitro groups is 1. The summed E-state index contributed by atoms with van der Waals surface area (Å²) in [4.78, 5) is 19.1. The summed E-state index contributed by atoms with van der Waals surface area (Å²) in [5.74, 6) is -0.166. The van der Waals surface area contributed by atoms with Gasteiger partial charge in [-0.2, -0.15) is 10.1 Å². The Bertz CT molecular complexity index is 1260. The van der Waals surface area contributed by atoms with Crippen LogP contribution in [0, 0.1) is 17.0 Å². The highest BCUT2D eigenvalue weighted by molar-refractivity contribution is 6.34. The van der Waals surface area contributed by atoms with Crippen molar-refractivity contribution in [1.29, 1.82) is 0 Å². The van der Waals surface area contributed by atoms with Gasteiger partial charge >= 0.3 is 11.6 Å². The van der Waals surface area contributed by atoms with Crippen LogP contribution in [-0.2, 0) is 11.3 Å². The minimum absolute atomic E-state index is 0.0598. The Labute approximate surface area is 195 Å². The number of aromatic nitrogens is 6. The molecule has 0 saturated carbocycles. The van der Waals surface area contributed by atoms with Crippen LogP contribution >= 0.6 is 23.2 Å². The van der Waals surface area contributed by atoms with E-state index in [0.717, 1.165) is 0 Å². The molecule has 0 spiro atoms. The molecular weight excluding hydrogens is 482 g/mol. The molecule has 1 aliphatic heterocycles. The van der Waals surface area contributed by atoms with Gasteiger partial charge in [-0.15, -0.1) is 5.10 Å². The van der Waals surface area contributed by atoms with Gasteiger partial charge in [-0.1, -0.05) is 11.6 Å². The smallest absolute Gasteiger partial charge is 0.353 e. The highest BCUT2D eigenvalue weighted by Crippen LogP contribution is 2.33. The van der Waals surface area contributed by atoms with E-state index < -0.39 is 18.0 Å². The van der Waals surface area contributed by atoms with Crippen molar-refractivity contribution in [2.24, 2.45) is 0 Å². The predicted octanol–water partition coefficient (Wildman–Crippen LogP) is 3.24. The van der Waals surface area contributed by atoms with E-state index in [-0.39, 0.29) is 34.3 Å². The van der Waals surface area contributed by atoms with Crippen molar-refractivity contribution >= 4 is 45.6 Å². The third kappa shape index (κ3) is 4.60. The average molecular weight is 499 g/mol. The van der Waals surface area contributed by atoms with Gasteiger partial charge in [0.15, 0.2) is 23.9 Å². The van der Waals surface area contributed by atoms with Crippen LogP contribution in [0.3, 0.4) is 0 Å². The number of hydrogen-bond donors (Lipinski definition) is 1. The minimum atomic E-state index is -1.04. The van der Waals surface area contributed by atoms with Gasteiger partial charge in [0.1, 0.15) is 5.69 Å². The SMILES string of the molecule is Cc1c([N+](=O)[O-])c(OCCCn2nc(Cl)c3cnc(Cl)nc32)nn1C1=CC=CNC1OCF. The van der Waals surface area contributed by atoms with E-state index in [9.17, 15) is 14.5 Å². The summed E-state index contributed by atoms with van der Waals surface area (Å²) in [5.41, 5.74) is 0.758. The number of fused-ring (bicyclic) bond motifs is 1. The van der Waals surface area contributed by atoms with E-state index in [1.54, 1.807) is 23.0 Å². The van der Waals surface area contributed by atoms with Crippen LogP contribution in [0.5, 0.6) is 5.88 Å². The molecule has 3 aromatic rings. The van der Waals surface area contributed by atoms with Gasteiger partial charge in [0.05, 0.1) is 22.6 Å². The molecule has 0 aromatic carbocycles. The first-order chi connectivity index (χ1) is 15.9. The molecule has 0 fully saturated rings. The number of nitrogens with zero attached hydrogens (tertiary/aromatic N) is 7. The highest BCUT2D eigenvalue weighted by atomic mass is 35.5. The molecule has 3 aromatic heterocycles. The minimum Gasteiger partial charge on any atom is -0.472 e. The summed E-state index contributed by atoms with van der Waals surface area (Å²) in [6, 6.07) is 0. The normalized spacial score (nSPS) is 15.5. The fourth-order valence-electron chi connectivity index (χ4n) is 3.31. The maximum atomic E-state index is 12.7. The van der Waals surface area contributed by atoms with Crippen LogP contribution < -0.4 is 10.1 Å². The van der Waals surface area contributed by atoms with Crippen LogP contribution in [0.4, 0.5) is 10.1 Å². The number of nitrogens with one attached hydrogen (secondary N) is 1. The maximum Gasteiger partial charge on any atom is 0.353 e. The molecule has 1 N–H and O–H groups in total. The zero-order valence-electron chi connectivity index (χ0n) is 17.1. The van der Waals surface area contributed by atoms with Gasteiger partial charge in [-0.25, -0.2) is 18.7 Å². The number of alkyl halides is 1. The van der Waals surface area contributed by atoms with E-state index in [4.69, 9.17) is 32.7 Å². The van der Waals surface area contributed by atoms with Gasteiger partial charge in [0.25, 0.3) is 0 Å². The number of rotatable bonds is 9. The molecule has 0 bridgehead atoms. The van der Waals surface area contributed by atoms with Crippen molar-refractivity contribution < 1.29 is 18.8 Å². The number of aryl methyl sites for hydroxylation is 1. The Morgan fingerprint density at radius 2 is 2.18 bits per heavy atom. The zero-order chi connectivity index (χ0) is 23.5. The van der Waals surface area contributed by atoms with Crippen molar-refractivity contribution in [3.8, 4) is 5.88 Å². The van der Waals surface area contributed by atoms with Crippen molar-refractivity contribution in [2.75, 3.05) is 13.5 Å². The second-order valence-electron chi connectivity index (χ2n) is 6.77. The molecule has 0 saturated heterocycles. The van der Waals surface area contributed by atoms with Gasteiger partial charge in [0.2, 0.25) is 5.28 Å². The van der Waals surface area contributed by atoms with E-state index in [1.807, 2.05) is 0 Å². The van der Waals surface area contributed by atoms with Crippen LogP contribution in [-0.4, -0.2) is 54.1 Å². The fourth-order valence-corrected chi connectivity index (χ4v) is 3.66. The first-order valence-electron chi connectivity index (χ1n) is 9.62. The van der Waals surface area contributed by atoms with Crippen molar-refractivity contribution in [3.63, 3.8) is 0 Å². The summed E-state index contributed by atoms with van der Waals surface area (Å²) in [7, 11) is 0. The van der Waals surface area contributed by atoms with Gasteiger partial charge in [-0.05, 0) is 36.9 Å². The van der Waals surface area contributed by atoms with Crippen molar-refractivity contribution in [3.05, 3.63) is 50.8 Å². The monoisotopic (exact) mass is 498 g/mol. The summed E-state index contributed by atoms with van der Waals surface area (Å²) >= 11 is 12.0. The topological polar surface area (TPSA) is 135 Å². The third-order valence-electron chi connectivity index (χ3n) is 4.76. The highest BCUT2D eigenvalue weighted by Gasteiger charge is 2.30. The quantitative estimate of drug-likeness (QED) is 0.204. The van der Waals surface area contributed by atoms with Gasteiger partial charge in [0, 0.05) is 19.2 Å². The van der Waals surface area contributed by atoms with E-state index >= 15 is 0 Å². The van der Waals surface area contributed by atoms with Crippen molar-refractivity contribution in [2.45, 2.75) is 26.1 Å². The molecule has 33 heavy (non-hydrogen) atoms. The molecule has 12 nitrogen and oxygen atoms in total. The Morgan fingerprint density at radius 1 is 1.36 bits per heavy atom. The lowest BCUT2D eigenvalue weighted by Gasteiger charge is -2.22. The Balaban J connectivity index is 1.50. The van der Waals surface area contributed by atoms with E-state index in [2.05, 4.69) is 25.5 Å². The standard InChI is InChI=1S/C18H17Cl2FN8O4/c1-10-13(29(30)31)17(26-28(10)12-4-2-5-22-16(12)33-9-21)32-7-3-6-27-15-11(14(19)25-27)8-23-18(20)24-15/h2,4-5,8,16,22H,3,6-7,9H2,1H3. The lowest BCUT2D eigenvalue weighted by Crippen LogP contribution is -2.33. The fraction of sp³-hybridized carbons (Fsp3) is 0.333. The number of halogens is 3. The second kappa shape index (κ2) is 9.68. The Kier molecular flexibility index (Phi) is 6.72. The zero-order valence-corrected chi connectivity index (χ0v) is 18.6. The van der Waals surface area contributed by atoms with Crippen molar-refractivity contribution in [1.82, 2.24) is 34.8 Å². The molecular formula is C18H17Cl2FN8O4. The number of hydrogen-bond acceptors (Lipinski definition) is 9. The average Bonchev–Trinajstić information content (AvgIpc) is 3.28. The van der Waals surface area contributed by atoms with Gasteiger partial charge < -0.3 is 14.8 Å². The lowest BCUT2D eigenvalue weighted by atomic mass is 10.2. The molecule has 0 radical (unpaired) electrons. The van der Waals surface area contributed by atoms with E-state index in [0.29, 0.717) is 29.7 Å². The van der Waals surface area contributed by atoms with Crippen LogP contribution in [0.2, 0.25) is 10.4 Å². The molecule has 4 rings (SSSR count).